The summed E-state index contributed by atoms with van der Waals surface area (Å²) in [4.78, 5) is 0. The van der Waals surface area contributed by atoms with Crippen molar-refractivity contribution in [3.8, 4) is 0 Å². The molecule has 1 saturated carbocycles. The average molecular weight is 211 g/mol. The molecule has 1 aliphatic carbocycles. The first kappa shape index (κ1) is 11.4. The molecule has 1 saturated heterocycles. The molecule has 2 aliphatic rings. The third-order valence-corrected chi connectivity index (χ3v) is 4.08. The smallest absolute Gasteiger partial charge is 0.0704 e. The van der Waals surface area contributed by atoms with Gasteiger partial charge in [0.2, 0.25) is 0 Å². The van der Waals surface area contributed by atoms with E-state index in [9.17, 15) is 0 Å². The average Bonchev–Trinajstić information content (AvgIpc) is 2.15. The molecule has 1 spiro atoms. The minimum Gasteiger partial charge on any atom is -0.370 e. The first-order chi connectivity index (χ1) is 7.13. The Labute approximate surface area is 93.6 Å². The highest BCUT2D eigenvalue weighted by atomic mass is 16.5. The van der Waals surface area contributed by atoms with Crippen molar-refractivity contribution in [3.63, 3.8) is 0 Å². The first-order valence-corrected chi connectivity index (χ1v) is 6.51. The Bertz CT molecular complexity index is 207. The number of hydrogen-bond acceptors (Lipinski definition) is 2. The molecule has 15 heavy (non-hydrogen) atoms. The Kier molecular flexibility index (Phi) is 3.36. The van der Waals surface area contributed by atoms with Crippen LogP contribution in [0, 0.1) is 11.8 Å². The van der Waals surface area contributed by atoms with Crippen molar-refractivity contribution in [1.82, 2.24) is 0 Å². The molecule has 0 bridgehead atoms. The maximum absolute atomic E-state index is 6.28. The van der Waals surface area contributed by atoms with E-state index in [1.54, 1.807) is 0 Å². The van der Waals surface area contributed by atoms with Gasteiger partial charge < -0.3 is 10.5 Å². The molecule has 0 amide bonds. The van der Waals surface area contributed by atoms with E-state index in [4.69, 9.17) is 10.5 Å². The summed E-state index contributed by atoms with van der Waals surface area (Å²) in [6.45, 7) is 5.43. The molecule has 0 aromatic rings. The summed E-state index contributed by atoms with van der Waals surface area (Å²) < 4.78 is 6.28. The quantitative estimate of drug-likeness (QED) is 0.724. The van der Waals surface area contributed by atoms with Crippen molar-refractivity contribution >= 4 is 0 Å². The van der Waals surface area contributed by atoms with Crippen LogP contribution in [-0.4, -0.2) is 18.2 Å². The molecule has 0 radical (unpaired) electrons. The standard InChI is InChI=1S/C13H25NO/c1-10-6-11(2)8-13(7-10)5-3-4-12(9-14)15-13/h10-12H,3-9,14H2,1-2H3. The van der Waals surface area contributed by atoms with E-state index in [2.05, 4.69) is 13.8 Å². The highest BCUT2D eigenvalue weighted by Gasteiger charge is 2.42. The molecule has 2 nitrogen and oxygen atoms in total. The van der Waals surface area contributed by atoms with E-state index >= 15 is 0 Å². The predicted molar refractivity (Wildman–Crippen MR) is 62.7 cm³/mol. The molecule has 2 N–H and O–H groups in total. The van der Waals surface area contributed by atoms with Gasteiger partial charge in [-0.3, -0.25) is 0 Å². The predicted octanol–water partition coefficient (Wildman–Crippen LogP) is 2.71. The van der Waals surface area contributed by atoms with Gasteiger partial charge in [-0.05, 0) is 50.4 Å². The Morgan fingerprint density at radius 1 is 1.27 bits per heavy atom. The zero-order chi connectivity index (χ0) is 10.9. The number of ether oxygens (including phenoxy) is 1. The molecular weight excluding hydrogens is 186 g/mol. The molecular formula is C13H25NO. The van der Waals surface area contributed by atoms with E-state index in [1.807, 2.05) is 0 Å². The van der Waals surface area contributed by atoms with Crippen LogP contribution in [0.15, 0.2) is 0 Å². The van der Waals surface area contributed by atoms with Gasteiger partial charge in [-0.1, -0.05) is 13.8 Å². The van der Waals surface area contributed by atoms with Crippen LogP contribution in [0.1, 0.15) is 52.4 Å². The first-order valence-electron chi connectivity index (χ1n) is 6.51. The maximum Gasteiger partial charge on any atom is 0.0704 e. The van der Waals surface area contributed by atoms with Gasteiger partial charge >= 0.3 is 0 Å². The van der Waals surface area contributed by atoms with Gasteiger partial charge in [0.15, 0.2) is 0 Å². The third-order valence-electron chi connectivity index (χ3n) is 4.08. The lowest BCUT2D eigenvalue weighted by atomic mass is 9.70. The lowest BCUT2D eigenvalue weighted by molar-refractivity contribution is -0.157. The number of nitrogens with two attached hydrogens (primary N) is 1. The molecule has 2 rings (SSSR count). The molecule has 0 aromatic heterocycles. The topological polar surface area (TPSA) is 35.2 Å². The van der Waals surface area contributed by atoms with Crippen LogP contribution in [-0.2, 0) is 4.74 Å². The molecule has 2 fully saturated rings. The summed E-state index contributed by atoms with van der Waals surface area (Å²) in [6.07, 6.45) is 7.96. The lowest BCUT2D eigenvalue weighted by Crippen LogP contribution is -2.47. The Morgan fingerprint density at radius 3 is 2.53 bits per heavy atom. The van der Waals surface area contributed by atoms with Crippen molar-refractivity contribution in [1.29, 1.82) is 0 Å². The van der Waals surface area contributed by atoms with E-state index in [1.165, 1.54) is 38.5 Å². The zero-order valence-corrected chi connectivity index (χ0v) is 10.2. The Morgan fingerprint density at radius 2 is 1.93 bits per heavy atom. The Balaban J connectivity index is 2.04. The van der Waals surface area contributed by atoms with Gasteiger partial charge in [-0.2, -0.15) is 0 Å². The molecule has 1 heterocycles. The number of rotatable bonds is 1. The summed E-state index contributed by atoms with van der Waals surface area (Å²) in [7, 11) is 0. The van der Waals surface area contributed by atoms with Crippen LogP contribution in [0.25, 0.3) is 0 Å². The van der Waals surface area contributed by atoms with Crippen molar-refractivity contribution in [2.45, 2.75) is 64.1 Å². The van der Waals surface area contributed by atoms with Crippen LogP contribution < -0.4 is 5.73 Å². The maximum atomic E-state index is 6.28. The molecule has 3 atom stereocenters. The molecule has 2 heteroatoms. The molecule has 3 unspecified atom stereocenters. The van der Waals surface area contributed by atoms with Gasteiger partial charge in [0.25, 0.3) is 0 Å². The minimum absolute atomic E-state index is 0.194. The fourth-order valence-electron chi connectivity index (χ4n) is 3.80. The van der Waals surface area contributed by atoms with Crippen LogP contribution in [0.4, 0.5) is 0 Å². The summed E-state index contributed by atoms with van der Waals surface area (Å²) in [5.41, 5.74) is 5.93. The van der Waals surface area contributed by atoms with E-state index in [-0.39, 0.29) is 5.60 Å². The highest BCUT2D eigenvalue weighted by molar-refractivity contribution is 4.93. The van der Waals surface area contributed by atoms with Crippen molar-refractivity contribution in [3.05, 3.63) is 0 Å². The highest BCUT2D eigenvalue weighted by Crippen LogP contribution is 2.44. The van der Waals surface area contributed by atoms with Crippen molar-refractivity contribution in [2.75, 3.05) is 6.54 Å². The SMILES string of the molecule is CC1CC(C)CC2(CCCC(CN)O2)C1. The van der Waals surface area contributed by atoms with Gasteiger partial charge in [-0.15, -0.1) is 0 Å². The molecule has 1 aliphatic heterocycles. The third kappa shape index (κ3) is 2.54. The summed E-state index contributed by atoms with van der Waals surface area (Å²) >= 11 is 0. The van der Waals surface area contributed by atoms with Gasteiger partial charge in [-0.25, -0.2) is 0 Å². The lowest BCUT2D eigenvalue weighted by Gasteiger charge is -2.47. The van der Waals surface area contributed by atoms with Gasteiger partial charge in [0.1, 0.15) is 0 Å². The number of hydrogen-bond donors (Lipinski definition) is 1. The van der Waals surface area contributed by atoms with Crippen molar-refractivity contribution in [2.24, 2.45) is 17.6 Å². The van der Waals surface area contributed by atoms with Gasteiger partial charge in [0.05, 0.1) is 11.7 Å². The van der Waals surface area contributed by atoms with Crippen LogP contribution in [0.2, 0.25) is 0 Å². The fourth-order valence-corrected chi connectivity index (χ4v) is 3.80. The van der Waals surface area contributed by atoms with E-state index < -0.39 is 0 Å². The summed E-state index contributed by atoms with van der Waals surface area (Å²) in [5.74, 6) is 1.65. The summed E-state index contributed by atoms with van der Waals surface area (Å²) in [5, 5.41) is 0. The van der Waals surface area contributed by atoms with Crippen molar-refractivity contribution < 1.29 is 4.74 Å². The van der Waals surface area contributed by atoms with E-state index in [0.717, 1.165) is 11.8 Å². The largest absolute Gasteiger partial charge is 0.370 e. The second kappa shape index (κ2) is 4.42. The normalized spacial score (nSPS) is 47.0. The molecule has 88 valence electrons. The molecule has 0 aromatic carbocycles. The second-order valence-corrected chi connectivity index (χ2v) is 5.91. The Hall–Kier alpha value is -0.0800. The second-order valence-electron chi connectivity index (χ2n) is 5.91. The minimum atomic E-state index is 0.194. The zero-order valence-electron chi connectivity index (χ0n) is 10.2. The van der Waals surface area contributed by atoms with Crippen LogP contribution >= 0.6 is 0 Å². The van der Waals surface area contributed by atoms with Gasteiger partial charge in [0, 0.05) is 6.54 Å². The monoisotopic (exact) mass is 211 g/mol. The fraction of sp³-hybridized carbons (Fsp3) is 1.00. The van der Waals surface area contributed by atoms with E-state index in [0.29, 0.717) is 12.6 Å². The summed E-state index contributed by atoms with van der Waals surface area (Å²) in [6, 6.07) is 0. The van der Waals surface area contributed by atoms with Crippen LogP contribution in [0.5, 0.6) is 0 Å². The van der Waals surface area contributed by atoms with Crippen LogP contribution in [0.3, 0.4) is 0 Å².